The Balaban J connectivity index is 1.52. The summed E-state index contributed by atoms with van der Waals surface area (Å²) in [5, 5.41) is 0. The average molecular weight is 450 g/mol. The highest BCUT2D eigenvalue weighted by molar-refractivity contribution is 8.26. The Labute approximate surface area is 190 Å². The van der Waals surface area contributed by atoms with Gasteiger partial charge in [-0.15, -0.1) is 0 Å². The van der Waals surface area contributed by atoms with Crippen LogP contribution in [0.25, 0.3) is 6.08 Å². The first-order valence-electron chi connectivity index (χ1n) is 9.77. The van der Waals surface area contributed by atoms with Crippen LogP contribution in [0.5, 0.6) is 5.75 Å². The number of benzene rings is 3. The topological polar surface area (TPSA) is 29.5 Å². The van der Waals surface area contributed by atoms with E-state index in [4.69, 9.17) is 17.0 Å². The van der Waals surface area contributed by atoms with Crippen LogP contribution < -0.4 is 4.74 Å². The second-order valence-electron chi connectivity index (χ2n) is 7.17. The maximum absolute atomic E-state index is 13.9. The van der Waals surface area contributed by atoms with Crippen LogP contribution in [0.2, 0.25) is 0 Å². The summed E-state index contributed by atoms with van der Waals surface area (Å²) in [4.78, 5) is 15.1. The largest absolute Gasteiger partial charge is 0.488 e. The molecular weight excluding hydrogens is 429 g/mol. The van der Waals surface area contributed by atoms with Crippen molar-refractivity contribution in [1.82, 2.24) is 4.90 Å². The maximum atomic E-state index is 13.9. The number of carbonyl (C=O) groups excluding carboxylic acids is 1. The summed E-state index contributed by atoms with van der Waals surface area (Å²) in [5.74, 6) is 0.144. The lowest BCUT2D eigenvalue weighted by molar-refractivity contribution is -0.122. The number of hydrogen-bond donors (Lipinski definition) is 0. The van der Waals surface area contributed by atoms with E-state index in [1.807, 2.05) is 49.4 Å². The monoisotopic (exact) mass is 449 g/mol. The number of thioether (sulfide) groups is 1. The molecule has 0 atom stereocenters. The molecule has 0 aromatic heterocycles. The van der Waals surface area contributed by atoms with Crippen molar-refractivity contribution in [2.24, 2.45) is 0 Å². The summed E-state index contributed by atoms with van der Waals surface area (Å²) >= 11 is 6.73. The first kappa shape index (κ1) is 21.3. The minimum absolute atomic E-state index is 0.103. The zero-order valence-corrected chi connectivity index (χ0v) is 18.5. The third-order valence-electron chi connectivity index (χ3n) is 4.88. The summed E-state index contributed by atoms with van der Waals surface area (Å²) in [6, 6.07) is 21.9. The molecule has 1 aliphatic rings. The van der Waals surface area contributed by atoms with Gasteiger partial charge in [-0.3, -0.25) is 9.69 Å². The van der Waals surface area contributed by atoms with Gasteiger partial charge in [0.1, 0.15) is 22.5 Å². The number of nitrogens with zero attached hydrogens (tertiary/aromatic N) is 1. The molecule has 1 heterocycles. The number of amides is 1. The molecule has 4 rings (SSSR count). The van der Waals surface area contributed by atoms with Crippen LogP contribution in [0, 0.1) is 12.7 Å². The molecule has 3 nitrogen and oxygen atoms in total. The van der Waals surface area contributed by atoms with Crippen LogP contribution >= 0.6 is 24.0 Å². The number of halogens is 1. The average Bonchev–Trinajstić information content (AvgIpc) is 3.03. The molecule has 1 amide bonds. The van der Waals surface area contributed by atoms with E-state index in [0.717, 1.165) is 11.1 Å². The molecule has 31 heavy (non-hydrogen) atoms. The normalized spacial score (nSPS) is 15.0. The third kappa shape index (κ3) is 5.03. The molecule has 156 valence electrons. The molecule has 3 aromatic carbocycles. The Bertz CT molecular complexity index is 1160. The van der Waals surface area contributed by atoms with E-state index in [-0.39, 0.29) is 18.3 Å². The Morgan fingerprint density at radius 1 is 1.03 bits per heavy atom. The third-order valence-corrected chi connectivity index (χ3v) is 6.26. The van der Waals surface area contributed by atoms with E-state index in [1.54, 1.807) is 35.2 Å². The van der Waals surface area contributed by atoms with Crippen LogP contribution in [0.1, 0.15) is 22.3 Å². The minimum Gasteiger partial charge on any atom is -0.488 e. The summed E-state index contributed by atoms with van der Waals surface area (Å²) in [6.45, 7) is 2.57. The number of para-hydroxylation sites is 1. The van der Waals surface area contributed by atoms with Gasteiger partial charge in [-0.2, -0.15) is 0 Å². The van der Waals surface area contributed by atoms with Crippen molar-refractivity contribution < 1.29 is 13.9 Å². The van der Waals surface area contributed by atoms with Crippen molar-refractivity contribution in [2.45, 2.75) is 20.1 Å². The molecule has 3 aromatic rings. The fourth-order valence-corrected chi connectivity index (χ4v) is 4.40. The van der Waals surface area contributed by atoms with Crippen molar-refractivity contribution >= 4 is 40.3 Å². The van der Waals surface area contributed by atoms with E-state index < -0.39 is 0 Å². The lowest BCUT2D eigenvalue weighted by atomic mass is 10.1. The number of ether oxygens (including phenoxy) is 1. The molecular formula is C25H20FNO2S2. The van der Waals surface area contributed by atoms with Crippen molar-refractivity contribution in [1.29, 1.82) is 0 Å². The molecule has 0 saturated carbocycles. The number of aryl methyl sites for hydroxylation is 1. The molecule has 1 aliphatic heterocycles. The Morgan fingerprint density at radius 3 is 2.52 bits per heavy atom. The highest BCUT2D eigenvalue weighted by Crippen LogP contribution is 2.35. The van der Waals surface area contributed by atoms with Crippen LogP contribution in [0.3, 0.4) is 0 Å². The lowest BCUT2D eigenvalue weighted by Gasteiger charge is -2.14. The standard InChI is InChI=1S/C25H20FNO2S2/c1-17-10-12-18(13-11-17)15-27-24(28)23(31-25(27)30)14-19-6-3-5-9-22(19)29-16-20-7-2-4-8-21(20)26/h2-14H,15-16H2,1H3/b23-14-. The highest BCUT2D eigenvalue weighted by atomic mass is 32.2. The van der Waals surface area contributed by atoms with Gasteiger partial charge in [-0.1, -0.05) is 90.2 Å². The van der Waals surface area contributed by atoms with Crippen molar-refractivity contribution in [2.75, 3.05) is 0 Å². The lowest BCUT2D eigenvalue weighted by Crippen LogP contribution is -2.27. The van der Waals surface area contributed by atoms with Gasteiger partial charge < -0.3 is 4.74 Å². The fourth-order valence-electron chi connectivity index (χ4n) is 3.16. The van der Waals surface area contributed by atoms with E-state index >= 15 is 0 Å². The quantitative estimate of drug-likeness (QED) is 0.335. The van der Waals surface area contributed by atoms with Crippen LogP contribution in [-0.4, -0.2) is 15.1 Å². The molecule has 0 unspecified atom stereocenters. The Kier molecular flexibility index (Phi) is 6.49. The van der Waals surface area contributed by atoms with Gasteiger partial charge in [0.25, 0.3) is 5.91 Å². The molecule has 0 aliphatic carbocycles. The number of carbonyl (C=O) groups is 1. The summed E-state index contributed by atoms with van der Waals surface area (Å²) < 4.78 is 20.3. The van der Waals surface area contributed by atoms with Crippen molar-refractivity contribution in [3.63, 3.8) is 0 Å². The second-order valence-corrected chi connectivity index (χ2v) is 8.85. The maximum Gasteiger partial charge on any atom is 0.266 e. The number of rotatable bonds is 6. The molecule has 1 saturated heterocycles. The van der Waals surface area contributed by atoms with Gasteiger partial charge >= 0.3 is 0 Å². The van der Waals surface area contributed by atoms with Gasteiger partial charge in [0.15, 0.2) is 0 Å². The summed E-state index contributed by atoms with van der Waals surface area (Å²) in [7, 11) is 0. The van der Waals surface area contributed by atoms with E-state index in [0.29, 0.717) is 27.1 Å². The first-order chi connectivity index (χ1) is 15.0. The molecule has 0 bridgehead atoms. The SMILES string of the molecule is Cc1ccc(CN2C(=O)/C(=C/c3ccccc3OCc3ccccc3F)SC2=S)cc1. The minimum atomic E-state index is -0.308. The van der Waals surface area contributed by atoms with E-state index in [9.17, 15) is 9.18 Å². The van der Waals surface area contributed by atoms with Crippen LogP contribution in [-0.2, 0) is 17.9 Å². The van der Waals surface area contributed by atoms with Gasteiger partial charge in [0.05, 0.1) is 11.4 Å². The zero-order valence-electron chi connectivity index (χ0n) is 16.9. The molecule has 1 fully saturated rings. The molecule has 0 radical (unpaired) electrons. The molecule has 0 N–H and O–H groups in total. The van der Waals surface area contributed by atoms with Gasteiger partial charge in [-0.25, -0.2) is 4.39 Å². The summed E-state index contributed by atoms with van der Waals surface area (Å²) in [5.41, 5.74) is 3.41. The molecule has 0 spiro atoms. The molecule has 6 heteroatoms. The summed E-state index contributed by atoms with van der Waals surface area (Å²) in [6.07, 6.45) is 1.78. The highest BCUT2D eigenvalue weighted by Gasteiger charge is 2.32. The first-order valence-corrected chi connectivity index (χ1v) is 11.0. The zero-order chi connectivity index (χ0) is 21.8. The Morgan fingerprint density at radius 2 is 1.74 bits per heavy atom. The predicted octanol–water partition coefficient (Wildman–Crippen LogP) is 6.11. The van der Waals surface area contributed by atoms with Gasteiger partial charge in [-0.05, 0) is 30.7 Å². The van der Waals surface area contributed by atoms with Crippen LogP contribution in [0.15, 0.2) is 77.7 Å². The fraction of sp³-hybridized carbons (Fsp3) is 0.120. The van der Waals surface area contributed by atoms with Crippen molar-refractivity contribution in [3.8, 4) is 5.75 Å². The number of hydrogen-bond acceptors (Lipinski definition) is 4. The van der Waals surface area contributed by atoms with Gasteiger partial charge in [0, 0.05) is 11.1 Å². The smallest absolute Gasteiger partial charge is 0.266 e. The van der Waals surface area contributed by atoms with Crippen LogP contribution in [0.4, 0.5) is 4.39 Å². The Hall–Kier alpha value is -2.96. The number of thiocarbonyl (C=S) groups is 1. The van der Waals surface area contributed by atoms with Gasteiger partial charge in [0.2, 0.25) is 0 Å². The van der Waals surface area contributed by atoms with E-state index in [1.165, 1.54) is 23.4 Å². The van der Waals surface area contributed by atoms with E-state index in [2.05, 4.69) is 0 Å². The van der Waals surface area contributed by atoms with Crippen molar-refractivity contribution in [3.05, 3.63) is 106 Å². The predicted molar refractivity (Wildman–Crippen MR) is 127 cm³/mol. The second kappa shape index (κ2) is 9.45.